The second-order valence-corrected chi connectivity index (χ2v) is 5.56. The van der Waals surface area contributed by atoms with Crippen molar-refractivity contribution in [3.05, 3.63) is 0 Å². The first-order valence-corrected chi connectivity index (χ1v) is 6.88. The van der Waals surface area contributed by atoms with Crippen molar-refractivity contribution in [1.29, 1.82) is 0 Å². The first-order chi connectivity index (χ1) is 8.20. The van der Waals surface area contributed by atoms with E-state index in [0.717, 1.165) is 25.7 Å². The highest BCUT2D eigenvalue weighted by atomic mass is 16.2. The van der Waals surface area contributed by atoms with Crippen LogP contribution in [0.1, 0.15) is 32.1 Å². The molecule has 0 radical (unpaired) electrons. The van der Waals surface area contributed by atoms with Gasteiger partial charge in [-0.1, -0.05) is 12.8 Å². The van der Waals surface area contributed by atoms with Crippen LogP contribution in [0.2, 0.25) is 0 Å². The van der Waals surface area contributed by atoms with Crippen LogP contribution < -0.4 is 5.73 Å². The van der Waals surface area contributed by atoms with Gasteiger partial charge in [0.05, 0.1) is 0 Å². The van der Waals surface area contributed by atoms with Gasteiger partial charge in [-0.15, -0.1) is 0 Å². The molecule has 1 atom stereocenters. The van der Waals surface area contributed by atoms with Crippen LogP contribution in [0.3, 0.4) is 0 Å². The van der Waals surface area contributed by atoms with E-state index in [1.165, 1.54) is 25.7 Å². The average Bonchev–Trinajstić information content (AvgIpc) is 2.95. The molecule has 2 fully saturated rings. The third-order valence-corrected chi connectivity index (χ3v) is 4.30. The smallest absolute Gasteiger partial charge is 0.223 e. The van der Waals surface area contributed by atoms with E-state index in [1.54, 1.807) is 0 Å². The van der Waals surface area contributed by atoms with Gasteiger partial charge in [-0.3, -0.25) is 4.79 Å². The van der Waals surface area contributed by atoms with Crippen LogP contribution >= 0.6 is 0 Å². The summed E-state index contributed by atoms with van der Waals surface area (Å²) in [5, 5.41) is 0. The average molecular weight is 239 g/mol. The van der Waals surface area contributed by atoms with Crippen molar-refractivity contribution in [3.63, 3.8) is 0 Å². The van der Waals surface area contributed by atoms with Crippen LogP contribution in [0.25, 0.3) is 0 Å². The van der Waals surface area contributed by atoms with E-state index in [1.807, 2.05) is 4.90 Å². The molecule has 1 saturated carbocycles. The second kappa shape index (κ2) is 5.83. The molecule has 2 N–H and O–H groups in total. The summed E-state index contributed by atoms with van der Waals surface area (Å²) in [6.45, 7) is 3.39. The zero-order chi connectivity index (χ0) is 12.3. The quantitative estimate of drug-likeness (QED) is 0.767. The highest BCUT2D eigenvalue weighted by Gasteiger charge is 2.29. The van der Waals surface area contributed by atoms with Gasteiger partial charge < -0.3 is 15.5 Å². The van der Waals surface area contributed by atoms with Gasteiger partial charge in [0.1, 0.15) is 0 Å². The zero-order valence-electron chi connectivity index (χ0n) is 10.9. The van der Waals surface area contributed by atoms with E-state index in [9.17, 15) is 4.79 Å². The molecule has 17 heavy (non-hydrogen) atoms. The molecule has 0 aromatic carbocycles. The lowest BCUT2D eigenvalue weighted by Gasteiger charge is -2.26. The van der Waals surface area contributed by atoms with E-state index in [0.29, 0.717) is 24.8 Å². The molecular weight excluding hydrogens is 214 g/mol. The zero-order valence-corrected chi connectivity index (χ0v) is 10.9. The molecule has 0 spiro atoms. The van der Waals surface area contributed by atoms with Crippen molar-refractivity contribution < 1.29 is 4.79 Å². The van der Waals surface area contributed by atoms with Gasteiger partial charge in [-0.05, 0) is 32.4 Å². The minimum absolute atomic E-state index is 0.292. The molecule has 1 amide bonds. The summed E-state index contributed by atoms with van der Waals surface area (Å²) in [6, 6.07) is 0.748. The van der Waals surface area contributed by atoms with E-state index in [2.05, 4.69) is 11.9 Å². The summed E-state index contributed by atoms with van der Waals surface area (Å²) in [5.74, 6) is 0.680. The Balaban J connectivity index is 1.72. The number of carbonyl (C=O) groups is 1. The van der Waals surface area contributed by atoms with Gasteiger partial charge in [0.15, 0.2) is 0 Å². The number of nitrogens with two attached hydrogens (primary N) is 1. The molecule has 1 heterocycles. The Labute approximate surface area is 104 Å². The van der Waals surface area contributed by atoms with Gasteiger partial charge in [0.2, 0.25) is 5.91 Å². The Morgan fingerprint density at radius 1 is 1.41 bits per heavy atom. The van der Waals surface area contributed by atoms with Crippen molar-refractivity contribution >= 4 is 5.91 Å². The van der Waals surface area contributed by atoms with Crippen molar-refractivity contribution in [2.24, 2.45) is 11.7 Å². The second-order valence-electron chi connectivity index (χ2n) is 5.56. The summed E-state index contributed by atoms with van der Waals surface area (Å²) >= 11 is 0. The monoisotopic (exact) mass is 239 g/mol. The Bertz CT molecular complexity index is 263. The number of nitrogens with zero attached hydrogens (tertiary/aromatic N) is 2. The minimum Gasteiger partial charge on any atom is -0.341 e. The van der Waals surface area contributed by atoms with Crippen LogP contribution in [0.15, 0.2) is 0 Å². The van der Waals surface area contributed by atoms with E-state index >= 15 is 0 Å². The van der Waals surface area contributed by atoms with Crippen LogP contribution in [0.5, 0.6) is 0 Å². The Kier molecular flexibility index (Phi) is 4.40. The lowest BCUT2D eigenvalue weighted by Crippen LogP contribution is -2.38. The standard InChI is InChI=1S/C13H25N3O/c1-15(12-4-2-3-5-12)6-7-16-10-11(9-14)8-13(16)17/h11-12H,2-10,14H2,1H3. The summed E-state index contributed by atoms with van der Waals surface area (Å²) in [5.41, 5.74) is 5.62. The Morgan fingerprint density at radius 2 is 2.12 bits per heavy atom. The lowest BCUT2D eigenvalue weighted by molar-refractivity contribution is -0.127. The fraction of sp³-hybridized carbons (Fsp3) is 0.923. The highest BCUT2D eigenvalue weighted by molar-refractivity contribution is 5.78. The van der Waals surface area contributed by atoms with Crippen molar-refractivity contribution in [1.82, 2.24) is 9.80 Å². The van der Waals surface area contributed by atoms with Crippen LogP contribution in [0.4, 0.5) is 0 Å². The van der Waals surface area contributed by atoms with Crippen LogP contribution in [-0.4, -0.2) is 55.0 Å². The number of hydrogen-bond acceptors (Lipinski definition) is 3. The number of likely N-dealkylation sites (tertiary alicyclic amines) is 1. The van der Waals surface area contributed by atoms with Crippen molar-refractivity contribution in [2.45, 2.75) is 38.1 Å². The third-order valence-electron chi connectivity index (χ3n) is 4.30. The van der Waals surface area contributed by atoms with Crippen LogP contribution in [-0.2, 0) is 4.79 Å². The normalized spacial score (nSPS) is 26.4. The summed E-state index contributed by atoms with van der Waals surface area (Å²) in [7, 11) is 2.19. The van der Waals surface area contributed by atoms with Crippen LogP contribution in [0, 0.1) is 5.92 Å². The first kappa shape index (κ1) is 12.8. The molecule has 98 valence electrons. The molecule has 1 aliphatic heterocycles. The molecule has 4 heteroatoms. The first-order valence-electron chi connectivity index (χ1n) is 6.88. The predicted octanol–water partition coefficient (Wildman–Crippen LogP) is 0.668. The minimum atomic E-state index is 0.292. The maximum absolute atomic E-state index is 11.7. The molecule has 4 nitrogen and oxygen atoms in total. The SMILES string of the molecule is CN(CCN1CC(CN)CC1=O)C1CCCC1. The summed E-state index contributed by atoms with van der Waals surface area (Å²) in [6.07, 6.45) is 6.05. The van der Waals surface area contributed by atoms with Crippen molar-refractivity contribution in [3.8, 4) is 0 Å². The lowest BCUT2D eigenvalue weighted by atomic mass is 10.1. The van der Waals surface area contributed by atoms with Gasteiger partial charge in [-0.2, -0.15) is 0 Å². The number of amides is 1. The topological polar surface area (TPSA) is 49.6 Å². The third kappa shape index (κ3) is 3.19. The molecule has 0 aromatic heterocycles. The summed E-state index contributed by atoms with van der Waals surface area (Å²) in [4.78, 5) is 16.1. The fourth-order valence-corrected chi connectivity index (χ4v) is 3.03. The maximum atomic E-state index is 11.7. The van der Waals surface area contributed by atoms with Crippen molar-refractivity contribution in [2.75, 3.05) is 33.2 Å². The fourth-order valence-electron chi connectivity index (χ4n) is 3.03. The van der Waals surface area contributed by atoms with Gasteiger partial charge in [0.25, 0.3) is 0 Å². The summed E-state index contributed by atoms with van der Waals surface area (Å²) < 4.78 is 0. The number of likely N-dealkylation sites (N-methyl/N-ethyl adjacent to an activating group) is 1. The molecule has 1 aliphatic carbocycles. The van der Waals surface area contributed by atoms with E-state index in [-0.39, 0.29) is 0 Å². The predicted molar refractivity (Wildman–Crippen MR) is 68.6 cm³/mol. The number of carbonyl (C=O) groups excluding carboxylic acids is 1. The van der Waals surface area contributed by atoms with Gasteiger partial charge in [-0.25, -0.2) is 0 Å². The van der Waals surface area contributed by atoms with E-state index < -0.39 is 0 Å². The number of rotatable bonds is 5. The highest BCUT2D eigenvalue weighted by Crippen LogP contribution is 2.22. The molecular formula is C13H25N3O. The molecule has 2 rings (SSSR count). The van der Waals surface area contributed by atoms with Gasteiger partial charge in [0, 0.05) is 32.1 Å². The Hall–Kier alpha value is -0.610. The maximum Gasteiger partial charge on any atom is 0.223 e. The molecule has 1 unspecified atom stereocenters. The van der Waals surface area contributed by atoms with E-state index in [4.69, 9.17) is 5.73 Å². The molecule has 0 aromatic rings. The largest absolute Gasteiger partial charge is 0.341 e. The Morgan fingerprint density at radius 3 is 2.71 bits per heavy atom. The number of hydrogen-bond donors (Lipinski definition) is 1. The molecule has 1 saturated heterocycles. The van der Waals surface area contributed by atoms with Gasteiger partial charge >= 0.3 is 0 Å². The molecule has 2 aliphatic rings. The molecule has 0 bridgehead atoms.